The van der Waals surface area contributed by atoms with Crippen LogP contribution in [0, 0.1) is 0 Å². The standard InChI is InChI=1S/C22H29NO7/c1-26-18-10-16(11-19(27-2)21(18)29-4)22(25)30-14-17(24)12-23-13-20(28-3)15-8-6-5-7-9-15/h5-11,17,20,23-24H,12-14H2,1-4H3. The highest BCUT2D eigenvalue weighted by molar-refractivity contribution is 5.91. The van der Waals surface area contributed by atoms with E-state index in [0.29, 0.717) is 23.8 Å². The highest BCUT2D eigenvalue weighted by Gasteiger charge is 2.19. The van der Waals surface area contributed by atoms with E-state index in [-0.39, 0.29) is 24.8 Å². The van der Waals surface area contributed by atoms with Crippen LogP contribution < -0.4 is 19.5 Å². The molecule has 2 rings (SSSR count). The Morgan fingerprint density at radius 3 is 2.13 bits per heavy atom. The third-order valence-electron chi connectivity index (χ3n) is 4.47. The fourth-order valence-electron chi connectivity index (χ4n) is 2.90. The highest BCUT2D eigenvalue weighted by atomic mass is 16.5. The fraction of sp³-hybridized carbons (Fsp3) is 0.409. The van der Waals surface area contributed by atoms with E-state index in [2.05, 4.69) is 5.32 Å². The van der Waals surface area contributed by atoms with Gasteiger partial charge in [0.25, 0.3) is 0 Å². The molecule has 0 aromatic heterocycles. The van der Waals surface area contributed by atoms with Crippen LogP contribution in [0.5, 0.6) is 17.2 Å². The molecule has 0 saturated heterocycles. The minimum atomic E-state index is -0.871. The van der Waals surface area contributed by atoms with Gasteiger partial charge < -0.3 is 34.1 Å². The van der Waals surface area contributed by atoms with Crippen LogP contribution in [0.15, 0.2) is 42.5 Å². The SMILES string of the molecule is COc1cc(C(=O)OCC(O)CNCC(OC)c2ccccc2)cc(OC)c1OC. The van der Waals surface area contributed by atoms with E-state index in [9.17, 15) is 9.90 Å². The molecule has 0 bridgehead atoms. The smallest absolute Gasteiger partial charge is 0.338 e. The number of rotatable bonds is 12. The molecule has 2 unspecified atom stereocenters. The Balaban J connectivity index is 1.85. The Kier molecular flexibility index (Phi) is 9.40. The number of carbonyl (C=O) groups excluding carboxylic acids is 1. The number of carbonyl (C=O) groups is 1. The second-order valence-corrected chi connectivity index (χ2v) is 6.46. The first kappa shape index (κ1) is 23.5. The van der Waals surface area contributed by atoms with Gasteiger partial charge in [-0.05, 0) is 17.7 Å². The number of ether oxygens (including phenoxy) is 5. The summed E-state index contributed by atoms with van der Waals surface area (Å²) < 4.78 is 26.4. The minimum absolute atomic E-state index is 0.139. The van der Waals surface area contributed by atoms with Crippen LogP contribution in [0.4, 0.5) is 0 Å². The van der Waals surface area contributed by atoms with E-state index in [0.717, 1.165) is 5.56 Å². The van der Waals surface area contributed by atoms with Gasteiger partial charge in [-0.3, -0.25) is 0 Å². The van der Waals surface area contributed by atoms with E-state index >= 15 is 0 Å². The maximum absolute atomic E-state index is 12.4. The van der Waals surface area contributed by atoms with Crippen molar-refractivity contribution in [1.29, 1.82) is 0 Å². The van der Waals surface area contributed by atoms with Crippen molar-refractivity contribution in [3.8, 4) is 17.2 Å². The van der Waals surface area contributed by atoms with Gasteiger partial charge in [0.2, 0.25) is 5.75 Å². The molecular formula is C22H29NO7. The molecule has 0 amide bonds. The average Bonchev–Trinajstić information content (AvgIpc) is 2.79. The van der Waals surface area contributed by atoms with Gasteiger partial charge in [0.15, 0.2) is 11.5 Å². The van der Waals surface area contributed by atoms with Gasteiger partial charge in [-0.15, -0.1) is 0 Å². The average molecular weight is 419 g/mol. The summed E-state index contributed by atoms with van der Waals surface area (Å²) in [7, 11) is 6.04. The van der Waals surface area contributed by atoms with Crippen molar-refractivity contribution >= 4 is 5.97 Å². The lowest BCUT2D eigenvalue weighted by atomic mass is 10.1. The zero-order valence-corrected chi connectivity index (χ0v) is 17.7. The van der Waals surface area contributed by atoms with Crippen molar-refractivity contribution in [3.63, 3.8) is 0 Å². The first-order chi connectivity index (χ1) is 14.5. The molecule has 0 aliphatic heterocycles. The largest absolute Gasteiger partial charge is 0.493 e. The lowest BCUT2D eigenvalue weighted by Gasteiger charge is -2.18. The van der Waals surface area contributed by atoms with Crippen molar-refractivity contribution in [1.82, 2.24) is 5.32 Å². The quantitative estimate of drug-likeness (QED) is 0.506. The van der Waals surface area contributed by atoms with Crippen molar-refractivity contribution < 1.29 is 33.6 Å². The first-order valence-corrected chi connectivity index (χ1v) is 9.47. The van der Waals surface area contributed by atoms with Crippen LogP contribution in [-0.2, 0) is 9.47 Å². The molecule has 0 spiro atoms. The molecule has 0 radical (unpaired) electrons. The second-order valence-electron chi connectivity index (χ2n) is 6.46. The molecule has 0 fully saturated rings. The van der Waals surface area contributed by atoms with Crippen molar-refractivity contribution in [3.05, 3.63) is 53.6 Å². The lowest BCUT2D eigenvalue weighted by molar-refractivity contribution is 0.0245. The molecule has 2 aromatic carbocycles. The third kappa shape index (κ3) is 6.35. The summed E-state index contributed by atoms with van der Waals surface area (Å²) in [6.07, 6.45) is -1.01. The summed E-state index contributed by atoms with van der Waals surface area (Å²) in [6.45, 7) is 0.596. The predicted octanol–water partition coefficient (Wildman–Crippen LogP) is 2.21. The summed E-state index contributed by atoms with van der Waals surface area (Å²) in [6, 6.07) is 12.8. The summed E-state index contributed by atoms with van der Waals surface area (Å²) >= 11 is 0. The minimum Gasteiger partial charge on any atom is -0.493 e. The van der Waals surface area contributed by atoms with Gasteiger partial charge in [0.1, 0.15) is 12.7 Å². The third-order valence-corrected chi connectivity index (χ3v) is 4.47. The van der Waals surface area contributed by atoms with Gasteiger partial charge >= 0.3 is 5.97 Å². The van der Waals surface area contributed by atoms with Crippen LogP contribution in [0.2, 0.25) is 0 Å². The molecule has 0 aliphatic carbocycles. The van der Waals surface area contributed by atoms with E-state index in [1.807, 2.05) is 30.3 Å². The maximum Gasteiger partial charge on any atom is 0.338 e. The van der Waals surface area contributed by atoms with Gasteiger partial charge in [-0.1, -0.05) is 30.3 Å². The number of esters is 1. The Hall–Kier alpha value is -2.81. The first-order valence-electron chi connectivity index (χ1n) is 9.47. The highest BCUT2D eigenvalue weighted by Crippen LogP contribution is 2.38. The predicted molar refractivity (Wildman–Crippen MR) is 111 cm³/mol. The van der Waals surface area contributed by atoms with Crippen LogP contribution >= 0.6 is 0 Å². The van der Waals surface area contributed by atoms with Crippen LogP contribution in [0.25, 0.3) is 0 Å². The van der Waals surface area contributed by atoms with Gasteiger partial charge in [0.05, 0.1) is 33.0 Å². The number of aliphatic hydroxyl groups is 1. The number of aliphatic hydroxyl groups excluding tert-OH is 1. The van der Waals surface area contributed by atoms with Crippen molar-refractivity contribution in [2.24, 2.45) is 0 Å². The molecule has 30 heavy (non-hydrogen) atoms. The Labute approximate surface area is 176 Å². The molecule has 8 heteroatoms. The zero-order chi connectivity index (χ0) is 21.9. The summed E-state index contributed by atoms with van der Waals surface area (Å²) in [4.78, 5) is 12.4. The van der Waals surface area contributed by atoms with Gasteiger partial charge in [-0.2, -0.15) is 0 Å². The molecule has 2 aromatic rings. The van der Waals surface area contributed by atoms with Crippen molar-refractivity contribution in [2.75, 3.05) is 48.1 Å². The number of hydrogen-bond donors (Lipinski definition) is 2. The topological polar surface area (TPSA) is 95.5 Å². The monoisotopic (exact) mass is 419 g/mol. The molecule has 0 heterocycles. The van der Waals surface area contributed by atoms with E-state index in [4.69, 9.17) is 23.7 Å². The second kappa shape index (κ2) is 12.0. The number of methoxy groups -OCH3 is 4. The van der Waals surface area contributed by atoms with Crippen LogP contribution in [0.3, 0.4) is 0 Å². The Morgan fingerprint density at radius 2 is 1.60 bits per heavy atom. The molecular weight excluding hydrogens is 390 g/mol. The summed E-state index contributed by atoms with van der Waals surface area (Å²) in [5.41, 5.74) is 1.27. The summed E-state index contributed by atoms with van der Waals surface area (Å²) in [5, 5.41) is 13.3. The normalized spacial score (nSPS) is 12.7. The van der Waals surface area contributed by atoms with Crippen molar-refractivity contribution in [2.45, 2.75) is 12.2 Å². The maximum atomic E-state index is 12.4. The van der Waals surface area contributed by atoms with E-state index in [1.165, 1.54) is 33.5 Å². The lowest BCUT2D eigenvalue weighted by Crippen LogP contribution is -2.34. The molecule has 2 N–H and O–H groups in total. The molecule has 2 atom stereocenters. The summed E-state index contributed by atoms with van der Waals surface area (Å²) in [5.74, 6) is 0.467. The zero-order valence-electron chi connectivity index (χ0n) is 17.7. The molecule has 0 aliphatic rings. The molecule has 8 nitrogen and oxygen atoms in total. The van der Waals surface area contributed by atoms with E-state index in [1.54, 1.807) is 7.11 Å². The Bertz CT molecular complexity index is 772. The van der Waals surface area contributed by atoms with Gasteiger partial charge in [-0.25, -0.2) is 4.79 Å². The van der Waals surface area contributed by atoms with Crippen LogP contribution in [-0.4, -0.2) is 65.3 Å². The number of nitrogens with one attached hydrogen (secondary N) is 1. The molecule has 164 valence electrons. The number of hydrogen-bond acceptors (Lipinski definition) is 8. The Morgan fingerprint density at radius 1 is 0.967 bits per heavy atom. The fourth-order valence-corrected chi connectivity index (χ4v) is 2.90. The number of benzene rings is 2. The van der Waals surface area contributed by atoms with Crippen LogP contribution in [0.1, 0.15) is 22.0 Å². The van der Waals surface area contributed by atoms with Gasteiger partial charge in [0, 0.05) is 20.2 Å². The molecule has 0 saturated carbocycles. The van der Waals surface area contributed by atoms with E-state index < -0.39 is 12.1 Å².